The molecule has 3 N–H and O–H groups in total. The summed E-state index contributed by atoms with van der Waals surface area (Å²) in [7, 11) is 0. The number of hydrogen-bond acceptors (Lipinski definition) is 5. The predicted octanol–water partition coefficient (Wildman–Crippen LogP) is 11.4. The molecule has 1 fully saturated rings. The summed E-state index contributed by atoms with van der Waals surface area (Å²) in [6, 6.07) is 56.5. The second kappa shape index (κ2) is 11.4. The second-order valence-electron chi connectivity index (χ2n) is 13.4. The van der Waals surface area contributed by atoms with Crippen LogP contribution in [0.3, 0.4) is 0 Å². The van der Waals surface area contributed by atoms with E-state index in [1.807, 2.05) is 11.3 Å². The van der Waals surface area contributed by atoms with Crippen LogP contribution in [0.15, 0.2) is 162 Å². The highest BCUT2D eigenvalue weighted by atomic mass is 32.1. The number of fused-ring (bicyclic) bond motifs is 10. The number of rotatable bonds is 4. The van der Waals surface area contributed by atoms with E-state index < -0.39 is 0 Å². The van der Waals surface area contributed by atoms with E-state index in [-0.39, 0.29) is 18.6 Å². The molecule has 51 heavy (non-hydrogen) atoms. The van der Waals surface area contributed by atoms with Gasteiger partial charge in [-0.1, -0.05) is 115 Å². The molecular weight excluding hydrogens is 645 g/mol. The van der Waals surface area contributed by atoms with E-state index in [2.05, 4.69) is 178 Å². The molecule has 0 spiro atoms. The summed E-state index contributed by atoms with van der Waals surface area (Å²) in [5.74, 6) is 0. The van der Waals surface area contributed by atoms with E-state index in [1.54, 1.807) is 0 Å². The molecule has 0 saturated carbocycles. The van der Waals surface area contributed by atoms with Crippen molar-refractivity contribution in [2.45, 2.75) is 18.6 Å². The third kappa shape index (κ3) is 4.58. The maximum atomic E-state index is 6.67. The van der Waals surface area contributed by atoms with Crippen LogP contribution < -0.4 is 16.0 Å². The number of hydrogen-bond donors (Lipinski definition) is 3. The van der Waals surface area contributed by atoms with E-state index in [0.29, 0.717) is 0 Å². The second-order valence-corrected chi connectivity index (χ2v) is 14.5. The van der Waals surface area contributed by atoms with Crippen LogP contribution in [-0.2, 0) is 0 Å². The topological polar surface area (TPSA) is 54.2 Å². The fourth-order valence-electron chi connectivity index (χ4n) is 8.11. The molecule has 6 heteroatoms. The average Bonchev–Trinajstić information content (AvgIpc) is 3.87. The zero-order chi connectivity index (χ0) is 33.5. The lowest BCUT2D eigenvalue weighted by Gasteiger charge is -2.40. The van der Waals surface area contributed by atoms with E-state index in [4.69, 9.17) is 4.42 Å². The van der Waals surface area contributed by atoms with Gasteiger partial charge in [0.15, 0.2) is 5.58 Å². The lowest BCUT2D eigenvalue weighted by atomic mass is 10.0. The molecule has 1 aliphatic rings. The maximum absolute atomic E-state index is 6.67. The van der Waals surface area contributed by atoms with Crippen molar-refractivity contribution < 1.29 is 4.42 Å². The molecule has 0 amide bonds. The molecule has 3 aromatic heterocycles. The van der Waals surface area contributed by atoms with Gasteiger partial charge in [-0.05, 0) is 64.7 Å². The van der Waals surface area contributed by atoms with Crippen LogP contribution in [-0.4, -0.2) is 4.57 Å². The number of thiophene rings is 1. The Bertz CT molecular complexity index is 2870. The first-order chi connectivity index (χ1) is 25.3. The molecular formula is C45H32N4OS. The van der Waals surface area contributed by atoms with Crippen LogP contribution in [0.2, 0.25) is 0 Å². The molecule has 3 atom stereocenters. The Morgan fingerprint density at radius 3 is 1.90 bits per heavy atom. The Morgan fingerprint density at radius 1 is 0.471 bits per heavy atom. The fraction of sp³-hybridized carbons (Fsp3) is 0.0667. The SMILES string of the molecule is c1ccc(-c2ccc3sc4c(ccc5c6cc(C7NC(c8ccccc8)NC(n8c9ccccc9c9ccccc98)N7)ccc6oc54)c3c2)cc1. The van der Waals surface area contributed by atoms with Crippen molar-refractivity contribution in [3.8, 4) is 11.1 Å². The van der Waals surface area contributed by atoms with Gasteiger partial charge >= 0.3 is 0 Å². The summed E-state index contributed by atoms with van der Waals surface area (Å²) >= 11 is 1.81. The van der Waals surface area contributed by atoms with Crippen LogP contribution in [0.5, 0.6) is 0 Å². The van der Waals surface area contributed by atoms with Crippen LogP contribution in [0.25, 0.3) is 75.0 Å². The Hall–Kier alpha value is -5.76. The smallest absolute Gasteiger partial charge is 0.153 e. The summed E-state index contributed by atoms with van der Waals surface area (Å²) < 4.78 is 11.5. The molecule has 10 aromatic rings. The molecule has 11 rings (SSSR count). The van der Waals surface area contributed by atoms with Gasteiger partial charge in [0, 0.05) is 37.0 Å². The van der Waals surface area contributed by atoms with Crippen molar-refractivity contribution >= 4 is 75.3 Å². The lowest BCUT2D eigenvalue weighted by molar-refractivity contribution is 0.161. The monoisotopic (exact) mass is 676 g/mol. The van der Waals surface area contributed by atoms with Crippen molar-refractivity contribution in [2.75, 3.05) is 0 Å². The fourth-order valence-corrected chi connectivity index (χ4v) is 9.28. The van der Waals surface area contributed by atoms with Gasteiger partial charge in [0.1, 0.15) is 11.9 Å². The molecule has 0 aliphatic carbocycles. The first kappa shape index (κ1) is 29.0. The third-order valence-electron chi connectivity index (χ3n) is 10.5. The molecule has 0 bridgehead atoms. The number of nitrogens with one attached hydrogen (secondary N) is 3. The van der Waals surface area contributed by atoms with Crippen molar-refractivity contribution in [1.29, 1.82) is 0 Å². The normalized spacial score (nSPS) is 18.2. The molecule has 0 radical (unpaired) electrons. The number of furan rings is 1. The van der Waals surface area contributed by atoms with E-state index in [9.17, 15) is 0 Å². The third-order valence-corrected chi connectivity index (χ3v) is 11.7. The largest absolute Gasteiger partial charge is 0.455 e. The summed E-state index contributed by atoms with van der Waals surface area (Å²) in [5.41, 5.74) is 9.04. The summed E-state index contributed by atoms with van der Waals surface area (Å²) in [6.45, 7) is 0. The van der Waals surface area contributed by atoms with Crippen molar-refractivity contribution in [1.82, 2.24) is 20.5 Å². The quantitative estimate of drug-likeness (QED) is 0.174. The molecule has 1 aliphatic heterocycles. The van der Waals surface area contributed by atoms with Gasteiger partial charge in [0.05, 0.1) is 28.1 Å². The first-order valence-electron chi connectivity index (χ1n) is 17.4. The molecule has 1 saturated heterocycles. The Morgan fingerprint density at radius 2 is 1.14 bits per heavy atom. The highest BCUT2D eigenvalue weighted by molar-refractivity contribution is 7.26. The van der Waals surface area contributed by atoms with Crippen LogP contribution >= 0.6 is 11.3 Å². The molecule has 7 aromatic carbocycles. The highest BCUT2D eigenvalue weighted by Crippen LogP contribution is 2.43. The molecule has 5 nitrogen and oxygen atoms in total. The zero-order valence-corrected chi connectivity index (χ0v) is 28.3. The number of benzene rings is 7. The minimum Gasteiger partial charge on any atom is -0.455 e. The Kier molecular flexibility index (Phi) is 6.48. The van der Waals surface area contributed by atoms with Crippen molar-refractivity contribution in [2.24, 2.45) is 0 Å². The Balaban J connectivity index is 1.03. The van der Waals surface area contributed by atoms with Crippen LogP contribution in [0, 0.1) is 0 Å². The Labute approximate surface area is 297 Å². The summed E-state index contributed by atoms with van der Waals surface area (Å²) in [5, 5.41) is 19.0. The number of aromatic nitrogens is 1. The van der Waals surface area contributed by atoms with E-state index in [0.717, 1.165) is 27.5 Å². The predicted molar refractivity (Wildman–Crippen MR) is 212 cm³/mol. The lowest BCUT2D eigenvalue weighted by Crippen LogP contribution is -2.56. The van der Waals surface area contributed by atoms with Crippen molar-refractivity contribution in [3.63, 3.8) is 0 Å². The van der Waals surface area contributed by atoms with E-state index >= 15 is 0 Å². The van der Waals surface area contributed by atoms with Gasteiger partial charge in [-0.3, -0.25) is 16.0 Å². The molecule has 3 unspecified atom stereocenters. The van der Waals surface area contributed by atoms with Gasteiger partial charge in [0.25, 0.3) is 0 Å². The maximum Gasteiger partial charge on any atom is 0.153 e. The van der Waals surface area contributed by atoms with Crippen LogP contribution in [0.4, 0.5) is 0 Å². The minimum absolute atomic E-state index is 0.0851. The standard InChI is InChI=1S/C45H32N4OS/c1-3-11-27(12-4-1)29-20-24-40-36(25-29)34-22-21-33-35-26-30(19-23-39(35)50-41(33)42(34)51-40)44-46-43(28-13-5-2-6-14-28)47-45(48-44)49-37-17-9-7-15-31(37)32-16-8-10-18-38(32)49/h1-26,43-48H. The highest BCUT2D eigenvalue weighted by Gasteiger charge is 2.31. The minimum atomic E-state index is -0.179. The first-order valence-corrected chi connectivity index (χ1v) is 18.3. The van der Waals surface area contributed by atoms with Gasteiger partial charge in [-0.15, -0.1) is 11.3 Å². The summed E-state index contributed by atoms with van der Waals surface area (Å²) in [4.78, 5) is 0. The van der Waals surface area contributed by atoms with Gasteiger partial charge in [-0.25, -0.2) is 0 Å². The number of nitrogens with zero attached hydrogens (tertiary/aromatic N) is 1. The van der Waals surface area contributed by atoms with Gasteiger partial charge < -0.3 is 8.98 Å². The summed E-state index contributed by atoms with van der Waals surface area (Å²) in [6.07, 6.45) is -0.402. The molecule has 244 valence electrons. The number of para-hydroxylation sites is 2. The van der Waals surface area contributed by atoms with Crippen molar-refractivity contribution in [3.05, 3.63) is 169 Å². The van der Waals surface area contributed by atoms with Crippen LogP contribution in [0.1, 0.15) is 29.7 Å². The van der Waals surface area contributed by atoms with E-state index in [1.165, 1.54) is 58.7 Å². The average molecular weight is 677 g/mol. The van der Waals surface area contributed by atoms with Gasteiger partial charge in [0.2, 0.25) is 0 Å². The zero-order valence-electron chi connectivity index (χ0n) is 27.5. The molecule has 4 heterocycles. The van der Waals surface area contributed by atoms with Gasteiger partial charge in [-0.2, -0.15) is 0 Å².